The van der Waals surface area contributed by atoms with E-state index in [-0.39, 0.29) is 5.69 Å². The van der Waals surface area contributed by atoms with Crippen LogP contribution in [0.15, 0.2) is 45.3 Å². The Bertz CT molecular complexity index is 687. The van der Waals surface area contributed by atoms with Gasteiger partial charge in [0.25, 0.3) is 5.69 Å². The second-order valence-corrected chi connectivity index (χ2v) is 6.58. The van der Waals surface area contributed by atoms with Crippen LogP contribution in [0.2, 0.25) is 0 Å². The van der Waals surface area contributed by atoms with Crippen LogP contribution in [0.5, 0.6) is 11.5 Å². The van der Waals surface area contributed by atoms with E-state index in [2.05, 4.69) is 45.7 Å². The van der Waals surface area contributed by atoms with Crippen molar-refractivity contribution in [1.82, 2.24) is 0 Å². The smallest absolute Gasteiger partial charge is 0.270 e. The SMILES string of the molecule is CC(C)c1cc(Br)ccc1Oc1ccc([N+](=O)[O-])cc1Br. The number of nitro groups is 1. The number of benzene rings is 2. The first-order chi connectivity index (χ1) is 9.88. The van der Waals surface area contributed by atoms with Crippen molar-refractivity contribution < 1.29 is 9.66 Å². The summed E-state index contributed by atoms with van der Waals surface area (Å²) in [5.74, 6) is 1.59. The maximum atomic E-state index is 10.7. The molecule has 0 heterocycles. The van der Waals surface area contributed by atoms with E-state index < -0.39 is 4.92 Å². The summed E-state index contributed by atoms with van der Waals surface area (Å²) in [5, 5.41) is 10.7. The van der Waals surface area contributed by atoms with Crippen molar-refractivity contribution >= 4 is 37.5 Å². The molecule has 0 aromatic heterocycles. The van der Waals surface area contributed by atoms with Crippen molar-refractivity contribution in [3.8, 4) is 11.5 Å². The fourth-order valence-corrected chi connectivity index (χ4v) is 2.69. The van der Waals surface area contributed by atoms with Gasteiger partial charge in [0.05, 0.1) is 9.40 Å². The molecule has 0 fully saturated rings. The Morgan fingerprint density at radius 3 is 2.33 bits per heavy atom. The first-order valence-electron chi connectivity index (χ1n) is 6.29. The zero-order valence-corrected chi connectivity index (χ0v) is 14.6. The van der Waals surface area contributed by atoms with Crippen LogP contribution in [0.4, 0.5) is 5.69 Å². The zero-order valence-electron chi connectivity index (χ0n) is 11.5. The van der Waals surface area contributed by atoms with Gasteiger partial charge >= 0.3 is 0 Å². The summed E-state index contributed by atoms with van der Waals surface area (Å²) in [6.45, 7) is 4.17. The molecule has 0 aliphatic rings. The van der Waals surface area contributed by atoms with Crippen LogP contribution < -0.4 is 4.74 Å². The van der Waals surface area contributed by atoms with E-state index in [0.717, 1.165) is 15.8 Å². The lowest BCUT2D eigenvalue weighted by molar-refractivity contribution is -0.384. The predicted molar refractivity (Wildman–Crippen MR) is 89.1 cm³/mol. The molecule has 0 bridgehead atoms. The molecule has 110 valence electrons. The first-order valence-corrected chi connectivity index (χ1v) is 7.88. The maximum absolute atomic E-state index is 10.7. The Morgan fingerprint density at radius 1 is 1.10 bits per heavy atom. The van der Waals surface area contributed by atoms with E-state index in [1.807, 2.05) is 18.2 Å². The molecule has 2 aromatic rings. The number of nitrogens with zero attached hydrogens (tertiary/aromatic N) is 1. The average Bonchev–Trinajstić information content (AvgIpc) is 2.42. The molecule has 0 aliphatic carbocycles. The fourth-order valence-electron chi connectivity index (χ4n) is 1.87. The Labute approximate surface area is 139 Å². The monoisotopic (exact) mass is 413 g/mol. The Morgan fingerprint density at radius 2 is 1.76 bits per heavy atom. The number of ether oxygens (including phenoxy) is 1. The highest BCUT2D eigenvalue weighted by atomic mass is 79.9. The lowest BCUT2D eigenvalue weighted by atomic mass is 10.0. The molecule has 0 N–H and O–H groups in total. The van der Waals surface area contributed by atoms with Gasteiger partial charge in [0.15, 0.2) is 0 Å². The van der Waals surface area contributed by atoms with E-state index in [0.29, 0.717) is 16.1 Å². The van der Waals surface area contributed by atoms with Crippen molar-refractivity contribution in [2.45, 2.75) is 19.8 Å². The van der Waals surface area contributed by atoms with Crippen molar-refractivity contribution in [2.75, 3.05) is 0 Å². The molecule has 2 aromatic carbocycles. The highest BCUT2D eigenvalue weighted by Crippen LogP contribution is 2.37. The number of hydrogen-bond donors (Lipinski definition) is 0. The molecule has 0 amide bonds. The highest BCUT2D eigenvalue weighted by molar-refractivity contribution is 9.10. The summed E-state index contributed by atoms with van der Waals surface area (Å²) >= 11 is 6.76. The van der Waals surface area contributed by atoms with Crippen LogP contribution >= 0.6 is 31.9 Å². The lowest BCUT2D eigenvalue weighted by Crippen LogP contribution is -1.95. The van der Waals surface area contributed by atoms with Gasteiger partial charge in [0.1, 0.15) is 11.5 Å². The standard InChI is InChI=1S/C15H13Br2NO3/c1-9(2)12-7-10(16)3-5-14(12)21-15-6-4-11(18(19)20)8-13(15)17/h3-9H,1-2H3. The summed E-state index contributed by atoms with van der Waals surface area (Å²) in [5.41, 5.74) is 1.09. The minimum absolute atomic E-state index is 0.0223. The number of hydrogen-bond acceptors (Lipinski definition) is 3. The van der Waals surface area contributed by atoms with Gasteiger partial charge in [0.2, 0.25) is 0 Å². The molecule has 6 heteroatoms. The molecule has 0 unspecified atom stereocenters. The minimum Gasteiger partial charge on any atom is -0.456 e. The summed E-state index contributed by atoms with van der Waals surface area (Å²) in [6, 6.07) is 10.2. The van der Waals surface area contributed by atoms with Gasteiger partial charge in [0, 0.05) is 16.6 Å². The topological polar surface area (TPSA) is 52.4 Å². The van der Waals surface area contributed by atoms with E-state index in [1.165, 1.54) is 12.1 Å². The molecule has 4 nitrogen and oxygen atoms in total. The molecule has 21 heavy (non-hydrogen) atoms. The number of rotatable bonds is 4. The van der Waals surface area contributed by atoms with E-state index in [9.17, 15) is 10.1 Å². The molecule has 0 atom stereocenters. The summed E-state index contributed by atoms with van der Waals surface area (Å²) in [7, 11) is 0. The largest absolute Gasteiger partial charge is 0.456 e. The number of non-ortho nitro benzene ring substituents is 1. The second kappa shape index (κ2) is 6.58. The van der Waals surface area contributed by atoms with Crippen molar-refractivity contribution in [3.05, 3.63) is 61.0 Å². The van der Waals surface area contributed by atoms with Crippen LogP contribution in [0, 0.1) is 10.1 Å². The van der Waals surface area contributed by atoms with Gasteiger partial charge in [-0.2, -0.15) is 0 Å². The minimum atomic E-state index is -0.437. The van der Waals surface area contributed by atoms with Gasteiger partial charge in [-0.25, -0.2) is 0 Å². The number of nitro benzene ring substituents is 1. The van der Waals surface area contributed by atoms with Gasteiger partial charge in [-0.15, -0.1) is 0 Å². The summed E-state index contributed by atoms with van der Waals surface area (Å²) in [6.07, 6.45) is 0. The third kappa shape index (κ3) is 3.83. The third-order valence-electron chi connectivity index (χ3n) is 2.94. The van der Waals surface area contributed by atoms with Crippen LogP contribution in [-0.2, 0) is 0 Å². The van der Waals surface area contributed by atoms with E-state index >= 15 is 0 Å². The zero-order chi connectivity index (χ0) is 15.6. The van der Waals surface area contributed by atoms with E-state index in [1.54, 1.807) is 6.07 Å². The van der Waals surface area contributed by atoms with Crippen LogP contribution in [-0.4, -0.2) is 4.92 Å². The van der Waals surface area contributed by atoms with Gasteiger partial charge in [-0.3, -0.25) is 10.1 Å². The Hall–Kier alpha value is -1.40. The van der Waals surface area contributed by atoms with Gasteiger partial charge in [-0.1, -0.05) is 29.8 Å². The normalized spacial score (nSPS) is 10.7. The second-order valence-electron chi connectivity index (χ2n) is 4.81. The molecule has 0 aliphatic heterocycles. The average molecular weight is 415 g/mol. The molecular formula is C15H13Br2NO3. The van der Waals surface area contributed by atoms with Crippen LogP contribution in [0.3, 0.4) is 0 Å². The fraction of sp³-hybridized carbons (Fsp3) is 0.200. The van der Waals surface area contributed by atoms with E-state index in [4.69, 9.17) is 4.74 Å². The Balaban J connectivity index is 2.36. The molecular weight excluding hydrogens is 402 g/mol. The van der Waals surface area contributed by atoms with Crippen LogP contribution in [0.1, 0.15) is 25.3 Å². The number of halogens is 2. The van der Waals surface area contributed by atoms with Gasteiger partial charge in [-0.05, 0) is 51.7 Å². The Kier molecular flexibility index (Phi) is 5.00. The van der Waals surface area contributed by atoms with Crippen LogP contribution in [0.25, 0.3) is 0 Å². The quantitative estimate of drug-likeness (QED) is 0.452. The first kappa shape index (κ1) is 16.0. The molecule has 0 spiro atoms. The van der Waals surface area contributed by atoms with Crippen molar-refractivity contribution in [1.29, 1.82) is 0 Å². The maximum Gasteiger partial charge on any atom is 0.270 e. The highest BCUT2D eigenvalue weighted by Gasteiger charge is 2.14. The molecule has 2 rings (SSSR count). The summed E-state index contributed by atoms with van der Waals surface area (Å²) in [4.78, 5) is 10.3. The summed E-state index contributed by atoms with van der Waals surface area (Å²) < 4.78 is 7.44. The van der Waals surface area contributed by atoms with Crippen molar-refractivity contribution in [2.24, 2.45) is 0 Å². The third-order valence-corrected chi connectivity index (χ3v) is 4.05. The molecule has 0 radical (unpaired) electrons. The lowest BCUT2D eigenvalue weighted by Gasteiger charge is -2.15. The molecule has 0 saturated carbocycles. The molecule has 0 saturated heterocycles. The predicted octanol–water partition coefficient (Wildman–Crippen LogP) is 6.04. The van der Waals surface area contributed by atoms with Crippen molar-refractivity contribution in [3.63, 3.8) is 0 Å². The van der Waals surface area contributed by atoms with Gasteiger partial charge < -0.3 is 4.74 Å².